The molecule has 1 aromatic heterocycles. The van der Waals surface area contributed by atoms with Gasteiger partial charge in [0, 0.05) is 50.9 Å². The highest BCUT2D eigenvalue weighted by Crippen LogP contribution is 2.16. The van der Waals surface area contributed by atoms with Gasteiger partial charge in [-0.25, -0.2) is 14.4 Å². The summed E-state index contributed by atoms with van der Waals surface area (Å²) in [6.07, 6.45) is 0.937. The maximum atomic E-state index is 11.7. The fourth-order valence-corrected chi connectivity index (χ4v) is 3.18. The number of rotatable bonds is 6. The Morgan fingerprint density at radius 2 is 1.66 bits per heavy atom. The van der Waals surface area contributed by atoms with Crippen molar-refractivity contribution in [2.45, 2.75) is 6.42 Å². The van der Waals surface area contributed by atoms with E-state index in [1.165, 1.54) is 10.6 Å². The average Bonchev–Trinajstić information content (AvgIpc) is 2.76. The number of anilines is 1. The van der Waals surface area contributed by atoms with Gasteiger partial charge < -0.3 is 19.8 Å². The third kappa shape index (κ3) is 7.75. The van der Waals surface area contributed by atoms with Crippen LogP contribution in [-0.4, -0.2) is 75.9 Å². The van der Waals surface area contributed by atoms with E-state index in [9.17, 15) is 9.59 Å². The molecule has 1 aromatic carbocycles. The van der Waals surface area contributed by atoms with Crippen molar-refractivity contribution in [1.29, 1.82) is 0 Å². The third-order valence-corrected chi connectivity index (χ3v) is 4.97. The molecule has 0 saturated carbocycles. The Labute approximate surface area is 188 Å². The molecule has 1 fully saturated rings. The van der Waals surface area contributed by atoms with Crippen LogP contribution in [0.25, 0.3) is 0 Å². The number of aromatic amines is 1. The topological polar surface area (TPSA) is 145 Å². The predicted octanol–water partition coefficient (Wildman–Crippen LogP) is 0.474. The molecule has 2 heterocycles. The first-order valence-electron chi connectivity index (χ1n) is 9.79. The summed E-state index contributed by atoms with van der Waals surface area (Å²) in [5.41, 5.74) is -0.737. The minimum absolute atomic E-state index is 0.357. The Morgan fingerprint density at radius 1 is 1.06 bits per heavy atom. The molecule has 0 amide bonds. The number of carboxylic acids is 2. The van der Waals surface area contributed by atoms with Crippen LogP contribution in [0.5, 0.6) is 5.75 Å². The monoisotopic (exact) mass is 468 g/mol. The number of H-pyrrole nitrogens is 1. The Kier molecular flexibility index (Phi) is 9.29. The van der Waals surface area contributed by atoms with Gasteiger partial charge in [-0.15, -0.1) is 0 Å². The molecule has 3 N–H and O–H groups in total. The number of piperazine rings is 1. The van der Waals surface area contributed by atoms with E-state index in [1.807, 2.05) is 24.3 Å². The smallest absolute Gasteiger partial charge is 0.414 e. The van der Waals surface area contributed by atoms with Crippen molar-refractivity contribution in [3.63, 3.8) is 0 Å². The lowest BCUT2D eigenvalue weighted by molar-refractivity contribution is -0.159. The molecule has 12 heteroatoms. The summed E-state index contributed by atoms with van der Waals surface area (Å²) in [5, 5.41) is 15.5. The summed E-state index contributed by atoms with van der Waals surface area (Å²) < 4.78 is 7.20. The maximum absolute atomic E-state index is 11.7. The second-order valence-electron chi connectivity index (χ2n) is 6.95. The zero-order valence-electron chi connectivity index (χ0n) is 17.5. The van der Waals surface area contributed by atoms with E-state index in [1.54, 1.807) is 7.05 Å². The average molecular weight is 469 g/mol. The van der Waals surface area contributed by atoms with E-state index in [2.05, 4.69) is 14.8 Å². The molecule has 1 saturated heterocycles. The molecule has 11 nitrogen and oxygen atoms in total. The number of aliphatic carboxylic acids is 2. The Bertz CT molecular complexity index is 1020. The van der Waals surface area contributed by atoms with Gasteiger partial charge in [-0.2, -0.15) is 0 Å². The predicted molar refractivity (Wildman–Crippen MR) is 118 cm³/mol. The van der Waals surface area contributed by atoms with Crippen molar-refractivity contribution in [1.82, 2.24) is 14.5 Å². The highest BCUT2D eigenvalue weighted by Gasteiger charge is 2.19. The number of nitrogens with one attached hydrogen (secondary N) is 1. The highest BCUT2D eigenvalue weighted by atomic mass is 35.5. The summed E-state index contributed by atoms with van der Waals surface area (Å²) >= 11 is 5.85. The quantitative estimate of drug-likeness (QED) is 0.407. The van der Waals surface area contributed by atoms with Crippen LogP contribution in [0.2, 0.25) is 5.02 Å². The summed E-state index contributed by atoms with van der Waals surface area (Å²) in [6.45, 7) is 4.97. The van der Waals surface area contributed by atoms with Crippen molar-refractivity contribution in [3.8, 4) is 5.75 Å². The van der Waals surface area contributed by atoms with Crippen molar-refractivity contribution in [2.75, 3.05) is 44.2 Å². The molecule has 32 heavy (non-hydrogen) atoms. The van der Waals surface area contributed by atoms with Crippen LogP contribution in [0, 0.1) is 0 Å². The van der Waals surface area contributed by atoms with Crippen LogP contribution < -0.4 is 20.9 Å². The standard InChI is InChI=1S/C18H23ClN4O3.C2H2O4/c1-21-17(13-16(24)20-18(21)25)23-10-8-22(9-11-23)7-2-12-26-15-5-3-14(19)4-6-15;3-1(4)2(5)6/h3-6,13H,2,7-12H2,1H3,(H,20,24,25);(H,3,4)(H,5,6). The van der Waals surface area contributed by atoms with Crippen molar-refractivity contribution < 1.29 is 24.5 Å². The van der Waals surface area contributed by atoms with Crippen molar-refractivity contribution in [3.05, 3.63) is 56.2 Å². The summed E-state index contributed by atoms with van der Waals surface area (Å²) in [4.78, 5) is 48.2. The van der Waals surface area contributed by atoms with E-state index in [0.29, 0.717) is 17.4 Å². The number of halogens is 1. The second kappa shape index (κ2) is 11.9. The molecule has 0 atom stereocenters. The third-order valence-electron chi connectivity index (χ3n) is 4.72. The first-order chi connectivity index (χ1) is 15.2. The van der Waals surface area contributed by atoms with Crippen molar-refractivity contribution in [2.24, 2.45) is 7.05 Å². The summed E-state index contributed by atoms with van der Waals surface area (Å²) in [5.74, 6) is -2.15. The van der Waals surface area contributed by atoms with Crippen molar-refractivity contribution >= 4 is 29.4 Å². The lowest BCUT2D eigenvalue weighted by Gasteiger charge is -2.36. The summed E-state index contributed by atoms with van der Waals surface area (Å²) in [6, 6.07) is 8.85. The van der Waals surface area contributed by atoms with E-state index in [-0.39, 0.29) is 11.2 Å². The number of nitrogens with zero attached hydrogens (tertiary/aromatic N) is 3. The number of benzene rings is 1. The molecular formula is C20H25ClN4O7. The largest absolute Gasteiger partial charge is 0.494 e. The van der Waals surface area contributed by atoms with Gasteiger partial charge in [0.2, 0.25) is 0 Å². The molecule has 0 bridgehead atoms. The van der Waals surface area contributed by atoms with Gasteiger partial charge in [0.15, 0.2) is 0 Å². The molecular weight excluding hydrogens is 444 g/mol. The fourth-order valence-electron chi connectivity index (χ4n) is 3.06. The first kappa shape index (κ1) is 25.0. The molecule has 2 aromatic rings. The number of carboxylic acid groups (broad SMARTS) is 2. The van der Waals surface area contributed by atoms with Crippen LogP contribution >= 0.6 is 11.6 Å². The Balaban J connectivity index is 0.000000534. The van der Waals surface area contributed by atoms with Crippen LogP contribution in [0.3, 0.4) is 0 Å². The van der Waals surface area contributed by atoms with E-state index < -0.39 is 11.9 Å². The van der Waals surface area contributed by atoms with Gasteiger partial charge >= 0.3 is 17.6 Å². The SMILES string of the molecule is Cn1c(N2CCN(CCCOc3ccc(Cl)cc3)CC2)cc(=O)[nH]c1=O.O=C(O)C(=O)O. The second-order valence-corrected chi connectivity index (χ2v) is 7.39. The zero-order chi connectivity index (χ0) is 23.7. The lowest BCUT2D eigenvalue weighted by Crippen LogP contribution is -2.48. The number of aromatic nitrogens is 2. The van der Waals surface area contributed by atoms with Crippen LogP contribution in [0.1, 0.15) is 6.42 Å². The molecule has 1 aliphatic heterocycles. The minimum Gasteiger partial charge on any atom is -0.494 e. The lowest BCUT2D eigenvalue weighted by atomic mass is 10.3. The van der Waals surface area contributed by atoms with E-state index in [4.69, 9.17) is 36.1 Å². The van der Waals surface area contributed by atoms with Gasteiger partial charge in [-0.3, -0.25) is 19.2 Å². The van der Waals surface area contributed by atoms with Gasteiger partial charge in [0.05, 0.1) is 6.61 Å². The van der Waals surface area contributed by atoms with Gasteiger partial charge in [-0.05, 0) is 30.7 Å². The minimum atomic E-state index is -1.82. The van der Waals surface area contributed by atoms with Gasteiger partial charge in [-0.1, -0.05) is 11.6 Å². The van der Waals surface area contributed by atoms with E-state index >= 15 is 0 Å². The van der Waals surface area contributed by atoms with Crippen LogP contribution in [-0.2, 0) is 16.6 Å². The molecule has 0 radical (unpaired) electrons. The molecule has 3 rings (SSSR count). The number of carbonyl (C=O) groups is 2. The van der Waals surface area contributed by atoms with Crippen LogP contribution in [0.15, 0.2) is 39.9 Å². The molecule has 1 aliphatic rings. The molecule has 0 unspecified atom stereocenters. The number of ether oxygens (including phenoxy) is 1. The molecule has 174 valence electrons. The molecule has 0 aliphatic carbocycles. The van der Waals surface area contributed by atoms with Crippen LogP contribution in [0.4, 0.5) is 5.82 Å². The normalized spacial score (nSPS) is 13.8. The maximum Gasteiger partial charge on any atom is 0.414 e. The first-order valence-corrected chi connectivity index (χ1v) is 10.2. The number of hydrogen-bond donors (Lipinski definition) is 3. The molecule has 0 spiro atoms. The Morgan fingerprint density at radius 3 is 2.22 bits per heavy atom. The van der Waals surface area contributed by atoms with Gasteiger partial charge in [0.25, 0.3) is 5.56 Å². The van der Waals surface area contributed by atoms with Gasteiger partial charge in [0.1, 0.15) is 11.6 Å². The fraction of sp³-hybridized carbons (Fsp3) is 0.400. The zero-order valence-corrected chi connectivity index (χ0v) is 18.2. The van der Waals surface area contributed by atoms with E-state index in [0.717, 1.165) is 44.9 Å². The summed E-state index contributed by atoms with van der Waals surface area (Å²) in [7, 11) is 1.67. The number of hydrogen-bond acceptors (Lipinski definition) is 7. The Hall–Kier alpha value is -3.31. The highest BCUT2D eigenvalue weighted by molar-refractivity contribution is 6.30.